The molecule has 0 aliphatic carbocycles. The smallest absolute Gasteiger partial charge is 0.375 e. The highest BCUT2D eigenvalue weighted by molar-refractivity contribution is 6.30. The number of hydrogen-bond acceptors (Lipinski definition) is 5. The van der Waals surface area contributed by atoms with E-state index in [-0.39, 0.29) is 19.0 Å². The number of hydrogen-bond donors (Lipinski definition) is 0. The second-order valence-electron chi connectivity index (χ2n) is 5.76. The molecule has 132 valence electrons. The Labute approximate surface area is 153 Å². The molecule has 7 heteroatoms. The molecule has 0 bridgehead atoms. The van der Waals surface area contributed by atoms with Crippen molar-refractivity contribution in [3.63, 3.8) is 0 Å². The van der Waals surface area contributed by atoms with Gasteiger partial charge < -0.3 is 18.3 Å². The SMILES string of the molecule is COCc1c(C(=O)OCc2cn3cc(Cl)ccc3n2)oc2ccccc12. The van der Waals surface area contributed by atoms with Crippen molar-refractivity contribution >= 4 is 34.2 Å². The first-order chi connectivity index (χ1) is 12.7. The molecule has 0 saturated carbocycles. The molecule has 26 heavy (non-hydrogen) atoms. The minimum absolute atomic E-state index is 0.0294. The average molecular weight is 371 g/mol. The lowest BCUT2D eigenvalue weighted by Gasteiger charge is -2.03. The monoisotopic (exact) mass is 370 g/mol. The van der Waals surface area contributed by atoms with E-state index in [9.17, 15) is 4.79 Å². The Morgan fingerprint density at radius 2 is 2.04 bits per heavy atom. The van der Waals surface area contributed by atoms with Gasteiger partial charge in [0.1, 0.15) is 17.8 Å². The van der Waals surface area contributed by atoms with Crippen molar-refractivity contribution in [3.05, 3.63) is 70.8 Å². The molecule has 6 nitrogen and oxygen atoms in total. The van der Waals surface area contributed by atoms with Gasteiger partial charge in [0.25, 0.3) is 0 Å². The summed E-state index contributed by atoms with van der Waals surface area (Å²) in [5, 5.41) is 1.44. The molecular formula is C19H15ClN2O4. The number of nitrogens with zero attached hydrogens (tertiary/aromatic N) is 2. The number of halogens is 1. The Hall–Kier alpha value is -2.83. The van der Waals surface area contributed by atoms with Crippen molar-refractivity contribution in [1.29, 1.82) is 0 Å². The van der Waals surface area contributed by atoms with Gasteiger partial charge in [-0.2, -0.15) is 0 Å². The first-order valence-electron chi connectivity index (χ1n) is 7.95. The predicted molar refractivity (Wildman–Crippen MR) is 96.2 cm³/mol. The molecule has 0 unspecified atom stereocenters. The molecule has 0 N–H and O–H groups in total. The van der Waals surface area contributed by atoms with E-state index in [1.807, 2.05) is 18.2 Å². The number of pyridine rings is 1. The minimum Gasteiger partial charge on any atom is -0.453 e. The molecular weight excluding hydrogens is 356 g/mol. The number of furan rings is 1. The Morgan fingerprint density at radius 1 is 1.19 bits per heavy atom. The third-order valence-electron chi connectivity index (χ3n) is 3.99. The van der Waals surface area contributed by atoms with E-state index in [4.69, 9.17) is 25.5 Å². The number of imidazole rings is 1. The van der Waals surface area contributed by atoms with Gasteiger partial charge in [0.05, 0.1) is 17.3 Å². The van der Waals surface area contributed by atoms with E-state index >= 15 is 0 Å². The molecule has 0 amide bonds. The third-order valence-corrected chi connectivity index (χ3v) is 4.21. The predicted octanol–water partition coefficient (Wildman–Crippen LogP) is 4.24. The fourth-order valence-electron chi connectivity index (χ4n) is 2.84. The highest BCUT2D eigenvalue weighted by atomic mass is 35.5. The van der Waals surface area contributed by atoms with Crippen LogP contribution in [0.4, 0.5) is 0 Å². The number of rotatable bonds is 5. The van der Waals surface area contributed by atoms with Crippen LogP contribution in [0.1, 0.15) is 21.8 Å². The maximum absolute atomic E-state index is 12.5. The van der Waals surface area contributed by atoms with Crippen molar-refractivity contribution in [2.45, 2.75) is 13.2 Å². The summed E-state index contributed by atoms with van der Waals surface area (Å²) in [7, 11) is 1.57. The van der Waals surface area contributed by atoms with Gasteiger partial charge in [-0.25, -0.2) is 9.78 Å². The van der Waals surface area contributed by atoms with E-state index in [0.29, 0.717) is 21.9 Å². The van der Waals surface area contributed by atoms with Crippen molar-refractivity contribution in [3.8, 4) is 0 Å². The largest absolute Gasteiger partial charge is 0.453 e. The molecule has 0 spiro atoms. The van der Waals surface area contributed by atoms with E-state index in [0.717, 1.165) is 11.0 Å². The number of benzene rings is 1. The lowest BCUT2D eigenvalue weighted by molar-refractivity contribution is 0.0428. The number of carbonyl (C=O) groups is 1. The Kier molecular flexibility index (Phi) is 4.36. The topological polar surface area (TPSA) is 66.0 Å². The number of fused-ring (bicyclic) bond motifs is 2. The van der Waals surface area contributed by atoms with Crippen molar-refractivity contribution < 1.29 is 18.7 Å². The lowest BCUT2D eigenvalue weighted by Crippen LogP contribution is -2.07. The zero-order chi connectivity index (χ0) is 18.1. The lowest BCUT2D eigenvalue weighted by atomic mass is 10.1. The van der Waals surface area contributed by atoms with Crippen molar-refractivity contribution in [1.82, 2.24) is 9.38 Å². The van der Waals surface area contributed by atoms with Gasteiger partial charge in [0, 0.05) is 30.5 Å². The number of methoxy groups -OCH3 is 1. The van der Waals surface area contributed by atoms with Gasteiger partial charge >= 0.3 is 5.97 Å². The standard InChI is InChI=1S/C19H15ClN2O4/c1-24-11-15-14-4-2-3-5-16(14)26-18(15)19(23)25-10-13-9-22-8-12(20)6-7-17(22)21-13/h2-9H,10-11H2,1H3. The molecule has 1 aromatic carbocycles. The summed E-state index contributed by atoms with van der Waals surface area (Å²) in [6.45, 7) is 0.288. The fourth-order valence-corrected chi connectivity index (χ4v) is 3.01. The molecule has 0 aliphatic heterocycles. The second-order valence-corrected chi connectivity index (χ2v) is 6.20. The fraction of sp³-hybridized carbons (Fsp3) is 0.158. The van der Waals surface area contributed by atoms with Crippen LogP contribution in [-0.4, -0.2) is 22.5 Å². The van der Waals surface area contributed by atoms with Crippen LogP contribution < -0.4 is 0 Å². The average Bonchev–Trinajstić information content (AvgIpc) is 3.21. The maximum atomic E-state index is 12.5. The third kappa shape index (κ3) is 3.05. The number of esters is 1. The van der Waals surface area contributed by atoms with Crippen LogP contribution in [0.25, 0.3) is 16.6 Å². The van der Waals surface area contributed by atoms with Gasteiger partial charge in [-0.05, 0) is 18.2 Å². The molecule has 3 aromatic heterocycles. The van der Waals surface area contributed by atoms with Crippen LogP contribution in [0.3, 0.4) is 0 Å². The van der Waals surface area contributed by atoms with E-state index in [2.05, 4.69) is 4.98 Å². The van der Waals surface area contributed by atoms with Crippen LogP contribution in [0.2, 0.25) is 5.02 Å². The Balaban J connectivity index is 1.57. The maximum Gasteiger partial charge on any atom is 0.375 e. The van der Waals surface area contributed by atoms with Crippen molar-refractivity contribution in [2.75, 3.05) is 7.11 Å². The Morgan fingerprint density at radius 3 is 2.88 bits per heavy atom. The normalized spacial score (nSPS) is 11.3. The summed E-state index contributed by atoms with van der Waals surface area (Å²) in [5.74, 6) is -0.400. The van der Waals surface area contributed by atoms with Gasteiger partial charge in [-0.15, -0.1) is 0 Å². The number of para-hydroxylation sites is 1. The molecule has 0 saturated heterocycles. The summed E-state index contributed by atoms with van der Waals surface area (Å²) in [6, 6.07) is 11.0. The van der Waals surface area contributed by atoms with Gasteiger partial charge in [-0.1, -0.05) is 29.8 Å². The molecule has 4 aromatic rings. The molecule has 0 atom stereocenters. The quantitative estimate of drug-likeness (QED) is 0.492. The van der Waals surface area contributed by atoms with E-state index < -0.39 is 5.97 Å². The highest BCUT2D eigenvalue weighted by Crippen LogP contribution is 2.27. The molecule has 0 fully saturated rings. The zero-order valence-electron chi connectivity index (χ0n) is 13.9. The van der Waals surface area contributed by atoms with Gasteiger partial charge in [-0.3, -0.25) is 0 Å². The van der Waals surface area contributed by atoms with E-state index in [1.54, 1.807) is 42.1 Å². The second kappa shape index (κ2) is 6.82. The zero-order valence-corrected chi connectivity index (χ0v) is 14.7. The molecule has 3 heterocycles. The van der Waals surface area contributed by atoms with Crippen LogP contribution in [0.5, 0.6) is 0 Å². The minimum atomic E-state index is -0.552. The summed E-state index contributed by atoms with van der Waals surface area (Å²) >= 11 is 5.96. The van der Waals surface area contributed by atoms with Crippen molar-refractivity contribution in [2.24, 2.45) is 0 Å². The number of ether oxygens (including phenoxy) is 2. The first-order valence-corrected chi connectivity index (χ1v) is 8.33. The highest BCUT2D eigenvalue weighted by Gasteiger charge is 2.22. The van der Waals surface area contributed by atoms with Crippen LogP contribution in [-0.2, 0) is 22.7 Å². The first kappa shape index (κ1) is 16.6. The van der Waals surface area contributed by atoms with E-state index in [1.165, 1.54) is 0 Å². The number of carbonyl (C=O) groups excluding carboxylic acids is 1. The van der Waals surface area contributed by atoms with Crippen LogP contribution in [0, 0.1) is 0 Å². The number of aromatic nitrogens is 2. The summed E-state index contributed by atoms with van der Waals surface area (Å²) in [6.07, 6.45) is 3.51. The Bertz CT molecular complexity index is 1100. The van der Waals surface area contributed by atoms with Gasteiger partial charge in [0.15, 0.2) is 0 Å². The van der Waals surface area contributed by atoms with Crippen LogP contribution >= 0.6 is 11.6 Å². The van der Waals surface area contributed by atoms with Crippen LogP contribution in [0.15, 0.2) is 53.2 Å². The molecule has 0 radical (unpaired) electrons. The molecule has 0 aliphatic rings. The molecule has 4 rings (SSSR count). The summed E-state index contributed by atoms with van der Waals surface area (Å²) in [5.41, 5.74) is 2.64. The summed E-state index contributed by atoms with van der Waals surface area (Å²) < 4.78 is 18.1. The van der Waals surface area contributed by atoms with Gasteiger partial charge in [0.2, 0.25) is 5.76 Å². The summed E-state index contributed by atoms with van der Waals surface area (Å²) in [4.78, 5) is 16.9.